The van der Waals surface area contributed by atoms with E-state index in [1.54, 1.807) is 25.1 Å². The van der Waals surface area contributed by atoms with E-state index in [2.05, 4.69) is 31.4 Å². The van der Waals surface area contributed by atoms with Crippen LogP contribution in [-0.2, 0) is 16.2 Å². The van der Waals surface area contributed by atoms with Crippen molar-refractivity contribution in [2.45, 2.75) is 91.3 Å². The van der Waals surface area contributed by atoms with Crippen molar-refractivity contribution >= 4 is 17.5 Å². The second-order valence-electron chi connectivity index (χ2n) is 16.3. The molecule has 4 aliphatic rings. The summed E-state index contributed by atoms with van der Waals surface area (Å²) in [6.07, 6.45) is 0.287. The first-order valence-electron chi connectivity index (χ1n) is 18.4. The van der Waals surface area contributed by atoms with E-state index in [-0.39, 0.29) is 47.1 Å². The summed E-state index contributed by atoms with van der Waals surface area (Å²) in [4.78, 5) is 47.4. The number of nitro groups is 1. The number of carbonyl (C=O) groups excluding carboxylic acids is 2. The molecule has 13 nitrogen and oxygen atoms in total. The minimum Gasteiger partial charge on any atom is -0.496 e. The third-order valence-electron chi connectivity index (χ3n) is 12.1. The highest BCUT2D eigenvalue weighted by molar-refractivity contribution is 5.97. The average molecular weight is 724 g/mol. The van der Waals surface area contributed by atoms with Crippen LogP contribution in [0.3, 0.4) is 0 Å². The van der Waals surface area contributed by atoms with Crippen LogP contribution in [0.25, 0.3) is 11.1 Å². The standard InChI is InChI=1S/C39H57N5O8/c1-21(2)32(19-42(7)8)41-37(47)26-13-25(14-28(15-26)44(49)50)29-12-10-11-24(36(29)51-9)18-43-35(34(23(4)46)33(20-45)52-43)38(48)40-31-17-27-16-30(22(31)3)39(27,5)6/h10-15,21-23,27,30-35,45-46H,16-20H2,1-9H3,(H,40,48)(H,41,47)/t22-,23-,27+,30+,31-,32-,33-,34-,35-/m0/s1. The summed E-state index contributed by atoms with van der Waals surface area (Å²) in [6.45, 7) is 12.7. The number of aliphatic hydroxyl groups is 2. The fourth-order valence-corrected chi connectivity index (χ4v) is 8.90. The largest absolute Gasteiger partial charge is 0.496 e. The Labute approximate surface area is 307 Å². The number of rotatable bonds is 14. The van der Waals surface area contributed by atoms with Gasteiger partial charge < -0.3 is 30.5 Å². The number of benzene rings is 2. The van der Waals surface area contributed by atoms with Crippen LogP contribution in [0, 0.1) is 45.1 Å². The van der Waals surface area contributed by atoms with Gasteiger partial charge in [-0.1, -0.05) is 52.8 Å². The Balaban J connectivity index is 1.46. The lowest BCUT2D eigenvalue weighted by Gasteiger charge is -2.62. The maximum Gasteiger partial charge on any atom is 0.270 e. The molecule has 3 saturated carbocycles. The molecule has 1 heterocycles. The first-order valence-corrected chi connectivity index (χ1v) is 18.4. The quantitative estimate of drug-likeness (QED) is 0.164. The lowest BCUT2D eigenvalue weighted by atomic mass is 9.45. The average Bonchev–Trinajstić information content (AvgIpc) is 3.46. The van der Waals surface area contributed by atoms with Crippen molar-refractivity contribution in [3.05, 3.63) is 57.6 Å². The Bertz CT molecular complexity index is 1630. The third kappa shape index (κ3) is 7.84. The maximum absolute atomic E-state index is 14.2. The van der Waals surface area contributed by atoms with Gasteiger partial charge in [-0.05, 0) is 74.6 Å². The molecule has 4 N–H and O–H groups in total. The number of ether oxygens (including phenoxy) is 1. The predicted molar refractivity (Wildman–Crippen MR) is 197 cm³/mol. The highest BCUT2D eigenvalue weighted by Crippen LogP contribution is 2.61. The van der Waals surface area contributed by atoms with E-state index >= 15 is 0 Å². The number of methoxy groups -OCH3 is 1. The van der Waals surface area contributed by atoms with Gasteiger partial charge in [0.2, 0.25) is 5.91 Å². The van der Waals surface area contributed by atoms with E-state index in [9.17, 15) is 29.9 Å². The lowest BCUT2D eigenvalue weighted by Crippen LogP contribution is -2.62. The molecule has 6 rings (SSSR count). The van der Waals surface area contributed by atoms with Crippen molar-refractivity contribution < 1.29 is 34.3 Å². The number of nitrogens with zero attached hydrogens (tertiary/aromatic N) is 3. The van der Waals surface area contributed by atoms with Gasteiger partial charge in [0.25, 0.3) is 11.6 Å². The summed E-state index contributed by atoms with van der Waals surface area (Å²) < 4.78 is 5.92. The van der Waals surface area contributed by atoms with Gasteiger partial charge in [-0.25, -0.2) is 0 Å². The van der Waals surface area contributed by atoms with Gasteiger partial charge in [-0.2, -0.15) is 5.06 Å². The van der Waals surface area contributed by atoms with E-state index < -0.39 is 41.6 Å². The van der Waals surface area contributed by atoms with Crippen LogP contribution in [0.5, 0.6) is 5.75 Å². The second-order valence-corrected chi connectivity index (χ2v) is 16.3. The third-order valence-corrected chi connectivity index (χ3v) is 12.1. The van der Waals surface area contributed by atoms with Gasteiger partial charge in [0.05, 0.1) is 31.3 Å². The monoisotopic (exact) mass is 723 g/mol. The normalized spacial score (nSPS) is 27.9. The second kappa shape index (κ2) is 15.8. The van der Waals surface area contributed by atoms with Gasteiger partial charge in [0.1, 0.15) is 17.9 Å². The molecule has 286 valence electrons. The molecule has 9 atom stereocenters. The molecule has 1 aliphatic heterocycles. The number of fused-ring (bicyclic) bond motifs is 2. The zero-order chi connectivity index (χ0) is 38.2. The molecule has 0 radical (unpaired) electrons. The van der Waals surface area contributed by atoms with Crippen LogP contribution in [0.2, 0.25) is 0 Å². The number of carbonyl (C=O) groups is 2. The number of para-hydroxylation sites is 1. The first kappa shape index (κ1) is 39.6. The Morgan fingerprint density at radius 2 is 1.88 bits per heavy atom. The van der Waals surface area contributed by atoms with Crippen molar-refractivity contribution in [3.8, 4) is 16.9 Å². The van der Waals surface area contributed by atoms with Crippen LogP contribution < -0.4 is 15.4 Å². The molecule has 2 aromatic rings. The number of nitro benzene ring substituents is 1. The Kier molecular flexibility index (Phi) is 12.0. The number of amides is 2. The topological polar surface area (TPSA) is 167 Å². The van der Waals surface area contributed by atoms with E-state index in [1.807, 2.05) is 38.9 Å². The minimum absolute atomic E-state index is 0.00854. The molecule has 3 aliphatic carbocycles. The molecule has 0 aromatic heterocycles. The number of hydroxylamine groups is 2. The van der Waals surface area contributed by atoms with Crippen molar-refractivity contribution in [1.82, 2.24) is 20.6 Å². The number of hydrogen-bond acceptors (Lipinski definition) is 10. The smallest absolute Gasteiger partial charge is 0.270 e. The summed E-state index contributed by atoms with van der Waals surface area (Å²) in [5.74, 6) is 0.465. The van der Waals surface area contributed by atoms with Gasteiger partial charge in [-0.15, -0.1) is 0 Å². The molecule has 0 unspecified atom stereocenters. The SMILES string of the molecule is COc1c(CN2O[C@@H](CO)[C@H]([C@H](C)O)[C@H]2C(=O)N[C@H]2C[C@H]3C[C@H]([C@@H]2C)C3(C)C)cccc1-c1cc(C(=O)N[C@@H](CN(C)C)C(C)C)cc([N+](=O)[O-])c1. The fourth-order valence-electron chi connectivity index (χ4n) is 8.90. The van der Waals surface area contributed by atoms with Crippen LogP contribution in [0.15, 0.2) is 36.4 Å². The molecule has 1 saturated heterocycles. The minimum atomic E-state index is -0.954. The molecule has 0 spiro atoms. The zero-order valence-corrected chi connectivity index (χ0v) is 32.0. The molecule has 2 amide bonds. The molecule has 4 fully saturated rings. The summed E-state index contributed by atoms with van der Waals surface area (Å²) in [5.41, 5.74) is 1.68. The van der Waals surface area contributed by atoms with Crippen LogP contribution in [0.4, 0.5) is 5.69 Å². The summed E-state index contributed by atoms with van der Waals surface area (Å²) in [5, 5.41) is 41.1. The van der Waals surface area contributed by atoms with Gasteiger partial charge in [-0.3, -0.25) is 24.5 Å². The van der Waals surface area contributed by atoms with Gasteiger partial charge >= 0.3 is 0 Å². The van der Waals surface area contributed by atoms with Crippen molar-refractivity contribution in [1.29, 1.82) is 0 Å². The molecule has 2 aromatic carbocycles. The molecular weight excluding hydrogens is 666 g/mol. The molecular formula is C39H57N5O8. The van der Waals surface area contributed by atoms with E-state index in [1.165, 1.54) is 30.7 Å². The number of likely N-dealkylation sites (N-methyl/N-ethyl adjacent to an activating group) is 1. The molecule has 52 heavy (non-hydrogen) atoms. The zero-order valence-electron chi connectivity index (χ0n) is 32.0. The van der Waals surface area contributed by atoms with Crippen LogP contribution >= 0.6 is 0 Å². The van der Waals surface area contributed by atoms with Crippen molar-refractivity contribution in [2.24, 2.45) is 35.0 Å². The van der Waals surface area contributed by atoms with Crippen molar-refractivity contribution in [3.63, 3.8) is 0 Å². The highest BCUT2D eigenvalue weighted by atomic mass is 16.7. The Morgan fingerprint density at radius 3 is 2.44 bits per heavy atom. The number of nitrogens with one attached hydrogen (secondary N) is 2. The fraction of sp³-hybridized carbons (Fsp3) is 0.641. The predicted octanol–water partition coefficient (Wildman–Crippen LogP) is 4.25. The van der Waals surface area contributed by atoms with Gasteiger partial charge in [0.15, 0.2) is 0 Å². The van der Waals surface area contributed by atoms with Crippen LogP contribution in [-0.4, -0.2) is 102 Å². The maximum atomic E-state index is 14.2. The summed E-state index contributed by atoms with van der Waals surface area (Å²) >= 11 is 0. The van der Waals surface area contributed by atoms with E-state index in [0.29, 0.717) is 46.7 Å². The Morgan fingerprint density at radius 1 is 1.17 bits per heavy atom. The highest BCUT2D eigenvalue weighted by Gasteiger charge is 2.57. The summed E-state index contributed by atoms with van der Waals surface area (Å²) in [6, 6.07) is 8.53. The van der Waals surface area contributed by atoms with E-state index in [4.69, 9.17) is 9.57 Å². The molecule has 13 heteroatoms. The van der Waals surface area contributed by atoms with Crippen LogP contribution in [0.1, 0.15) is 70.3 Å². The first-order chi connectivity index (χ1) is 24.5. The molecule has 2 bridgehead atoms. The lowest BCUT2D eigenvalue weighted by molar-refractivity contribution is -0.384. The number of hydrogen-bond donors (Lipinski definition) is 4. The number of aliphatic hydroxyl groups excluding tert-OH is 2. The summed E-state index contributed by atoms with van der Waals surface area (Å²) in [7, 11) is 5.33. The Hall–Kier alpha value is -3.62. The van der Waals surface area contributed by atoms with Gasteiger partial charge in [0, 0.05) is 53.4 Å². The number of non-ortho nitro benzene ring substituents is 1. The van der Waals surface area contributed by atoms with Crippen molar-refractivity contribution in [2.75, 3.05) is 34.4 Å². The van der Waals surface area contributed by atoms with E-state index in [0.717, 1.165) is 6.42 Å².